The monoisotopic (exact) mass is 277 g/mol. The van der Waals surface area contributed by atoms with Crippen LogP contribution < -0.4 is 5.32 Å². The average molecular weight is 277 g/mol. The molecule has 0 atom stereocenters. The summed E-state index contributed by atoms with van der Waals surface area (Å²) in [6.45, 7) is 4.43. The van der Waals surface area contributed by atoms with Crippen LogP contribution in [0, 0.1) is 6.92 Å². The van der Waals surface area contributed by atoms with Gasteiger partial charge in [0, 0.05) is 18.9 Å². The number of aromatic nitrogens is 4. The van der Waals surface area contributed by atoms with Crippen molar-refractivity contribution in [2.24, 2.45) is 0 Å². The maximum Gasteiger partial charge on any atom is 0.356 e. The highest BCUT2D eigenvalue weighted by Gasteiger charge is 2.11. The van der Waals surface area contributed by atoms with Crippen LogP contribution in [0.5, 0.6) is 0 Å². The van der Waals surface area contributed by atoms with Gasteiger partial charge in [0.25, 0.3) is 0 Å². The first-order chi connectivity index (χ1) is 9.49. The number of amides is 1. The average Bonchev–Trinajstić information content (AvgIpc) is 2.97. The van der Waals surface area contributed by atoms with Gasteiger partial charge in [0.05, 0.1) is 11.4 Å². The molecule has 0 radical (unpaired) electrons. The van der Waals surface area contributed by atoms with Gasteiger partial charge in [0.15, 0.2) is 5.69 Å². The molecule has 2 rings (SSSR count). The summed E-state index contributed by atoms with van der Waals surface area (Å²) in [6.07, 6.45) is 3.20. The molecule has 0 aliphatic rings. The van der Waals surface area contributed by atoms with E-state index in [0.717, 1.165) is 12.2 Å². The number of rotatable bonds is 5. The Morgan fingerprint density at radius 1 is 1.35 bits per heavy atom. The maximum atomic E-state index is 11.9. The number of aromatic carboxylic acids is 1. The summed E-state index contributed by atoms with van der Waals surface area (Å²) in [5, 5.41) is 19.5. The van der Waals surface area contributed by atoms with E-state index in [1.165, 1.54) is 16.9 Å². The van der Waals surface area contributed by atoms with Crippen LogP contribution >= 0.6 is 0 Å². The van der Waals surface area contributed by atoms with E-state index in [2.05, 4.69) is 15.5 Å². The molecule has 1 amide bonds. The van der Waals surface area contributed by atoms with E-state index in [1.54, 1.807) is 17.8 Å². The molecule has 0 aromatic carbocycles. The molecule has 2 heterocycles. The molecular formula is C12H15N5O3. The molecule has 20 heavy (non-hydrogen) atoms. The molecule has 2 N–H and O–H groups in total. The summed E-state index contributed by atoms with van der Waals surface area (Å²) in [6, 6.07) is 1.34. The van der Waals surface area contributed by atoms with Crippen LogP contribution in [0.3, 0.4) is 0 Å². The Balaban J connectivity index is 2.01. The quantitative estimate of drug-likeness (QED) is 0.839. The zero-order valence-electron chi connectivity index (χ0n) is 11.2. The predicted molar refractivity (Wildman–Crippen MR) is 70.5 cm³/mol. The lowest BCUT2D eigenvalue weighted by atomic mass is 10.4. The summed E-state index contributed by atoms with van der Waals surface area (Å²) in [5.41, 5.74) is 1.28. The van der Waals surface area contributed by atoms with Crippen molar-refractivity contribution in [1.82, 2.24) is 19.6 Å². The molecule has 2 aromatic heterocycles. The van der Waals surface area contributed by atoms with E-state index in [1.807, 2.05) is 6.92 Å². The summed E-state index contributed by atoms with van der Waals surface area (Å²) in [5.74, 6) is -1.41. The zero-order valence-corrected chi connectivity index (χ0v) is 11.2. The molecule has 2 aromatic rings. The van der Waals surface area contributed by atoms with Crippen molar-refractivity contribution in [1.29, 1.82) is 0 Å². The third-order valence-corrected chi connectivity index (χ3v) is 2.71. The van der Waals surface area contributed by atoms with Crippen molar-refractivity contribution < 1.29 is 14.7 Å². The Labute approximate surface area is 115 Å². The Morgan fingerprint density at radius 2 is 2.10 bits per heavy atom. The number of carboxylic acid groups (broad SMARTS) is 1. The number of carbonyl (C=O) groups excluding carboxylic acids is 1. The van der Waals surface area contributed by atoms with Crippen LogP contribution in [0.4, 0.5) is 5.69 Å². The normalized spacial score (nSPS) is 10.5. The second kappa shape index (κ2) is 5.55. The molecule has 8 heteroatoms. The Bertz CT molecular complexity index is 643. The first-order valence-electron chi connectivity index (χ1n) is 6.10. The number of anilines is 1. The molecule has 0 fully saturated rings. The molecule has 0 saturated carbocycles. The van der Waals surface area contributed by atoms with Gasteiger partial charge in [-0.15, -0.1) is 0 Å². The van der Waals surface area contributed by atoms with Gasteiger partial charge in [-0.2, -0.15) is 10.2 Å². The van der Waals surface area contributed by atoms with E-state index in [0.29, 0.717) is 5.69 Å². The van der Waals surface area contributed by atoms with Gasteiger partial charge < -0.3 is 10.4 Å². The largest absolute Gasteiger partial charge is 0.476 e. The van der Waals surface area contributed by atoms with Gasteiger partial charge in [0.1, 0.15) is 6.54 Å². The van der Waals surface area contributed by atoms with Crippen LogP contribution in [-0.4, -0.2) is 36.5 Å². The fourth-order valence-electron chi connectivity index (χ4n) is 1.70. The van der Waals surface area contributed by atoms with Crippen molar-refractivity contribution in [3.63, 3.8) is 0 Å². The fourth-order valence-corrected chi connectivity index (χ4v) is 1.70. The van der Waals surface area contributed by atoms with Crippen molar-refractivity contribution in [3.8, 4) is 0 Å². The minimum absolute atomic E-state index is 0.0516. The molecule has 0 aliphatic carbocycles. The highest BCUT2D eigenvalue weighted by atomic mass is 16.4. The molecule has 106 valence electrons. The Kier molecular flexibility index (Phi) is 3.83. The Hall–Kier alpha value is -2.64. The molecule has 0 saturated heterocycles. The van der Waals surface area contributed by atoms with Crippen molar-refractivity contribution >= 4 is 17.6 Å². The lowest BCUT2D eigenvalue weighted by Crippen LogP contribution is -2.19. The smallest absolute Gasteiger partial charge is 0.356 e. The van der Waals surface area contributed by atoms with Gasteiger partial charge >= 0.3 is 5.97 Å². The number of hydrogen-bond acceptors (Lipinski definition) is 4. The molecule has 0 bridgehead atoms. The number of nitrogens with one attached hydrogen (secondary N) is 1. The van der Waals surface area contributed by atoms with Gasteiger partial charge in [-0.05, 0) is 19.9 Å². The van der Waals surface area contributed by atoms with Crippen molar-refractivity contribution in [3.05, 3.63) is 29.8 Å². The third-order valence-electron chi connectivity index (χ3n) is 2.71. The molecular weight excluding hydrogens is 262 g/mol. The number of carbonyl (C=O) groups is 2. The molecule has 0 spiro atoms. The Morgan fingerprint density at radius 3 is 2.65 bits per heavy atom. The summed E-state index contributed by atoms with van der Waals surface area (Å²) in [7, 11) is 0. The topological polar surface area (TPSA) is 102 Å². The second-order valence-corrected chi connectivity index (χ2v) is 4.24. The van der Waals surface area contributed by atoms with E-state index in [-0.39, 0.29) is 18.1 Å². The lowest BCUT2D eigenvalue weighted by molar-refractivity contribution is -0.116. The lowest BCUT2D eigenvalue weighted by Gasteiger charge is -2.03. The van der Waals surface area contributed by atoms with Gasteiger partial charge in [-0.25, -0.2) is 4.79 Å². The highest BCUT2D eigenvalue weighted by Crippen LogP contribution is 2.12. The van der Waals surface area contributed by atoms with Crippen molar-refractivity contribution in [2.75, 3.05) is 5.32 Å². The number of carboxylic acids is 1. The van der Waals surface area contributed by atoms with Crippen LogP contribution in [0.25, 0.3) is 0 Å². The first kappa shape index (κ1) is 13.8. The highest BCUT2D eigenvalue weighted by molar-refractivity contribution is 5.91. The summed E-state index contributed by atoms with van der Waals surface area (Å²) >= 11 is 0. The van der Waals surface area contributed by atoms with E-state index >= 15 is 0 Å². The predicted octanol–water partition coefficient (Wildman–Crippen LogP) is 0.745. The SMILES string of the molecule is CCn1cc(NC(=O)Cn2ccc(C(=O)O)n2)c(C)n1. The first-order valence-corrected chi connectivity index (χ1v) is 6.10. The minimum atomic E-state index is -1.12. The molecule has 0 unspecified atom stereocenters. The van der Waals surface area contributed by atoms with Gasteiger partial charge in [-0.1, -0.05) is 0 Å². The van der Waals surface area contributed by atoms with Crippen LogP contribution in [0.15, 0.2) is 18.5 Å². The molecule has 0 aliphatic heterocycles. The zero-order chi connectivity index (χ0) is 14.7. The van der Waals surface area contributed by atoms with Crippen LogP contribution in [0.1, 0.15) is 23.1 Å². The number of hydrogen-bond donors (Lipinski definition) is 2. The summed E-state index contributed by atoms with van der Waals surface area (Å²) in [4.78, 5) is 22.5. The van der Waals surface area contributed by atoms with Crippen LogP contribution in [-0.2, 0) is 17.9 Å². The fraction of sp³-hybridized carbons (Fsp3) is 0.333. The maximum absolute atomic E-state index is 11.9. The number of nitrogens with zero attached hydrogens (tertiary/aromatic N) is 4. The standard InChI is InChI=1S/C12H15N5O3/c1-3-16-6-10(8(2)14-16)13-11(18)7-17-5-4-9(15-17)12(19)20/h4-6H,3,7H2,1-2H3,(H,13,18)(H,19,20). The third kappa shape index (κ3) is 3.02. The minimum Gasteiger partial charge on any atom is -0.476 e. The second-order valence-electron chi connectivity index (χ2n) is 4.24. The van der Waals surface area contributed by atoms with E-state index in [4.69, 9.17) is 5.11 Å². The van der Waals surface area contributed by atoms with Crippen molar-refractivity contribution in [2.45, 2.75) is 26.9 Å². The number of aryl methyl sites for hydroxylation is 2. The van der Waals surface area contributed by atoms with Gasteiger partial charge in [-0.3, -0.25) is 14.2 Å². The van der Waals surface area contributed by atoms with Gasteiger partial charge in [0.2, 0.25) is 5.91 Å². The van der Waals surface area contributed by atoms with Crippen LogP contribution in [0.2, 0.25) is 0 Å². The summed E-state index contributed by atoms with van der Waals surface area (Å²) < 4.78 is 3.00. The van der Waals surface area contributed by atoms with E-state index in [9.17, 15) is 9.59 Å². The van der Waals surface area contributed by atoms with E-state index < -0.39 is 5.97 Å². The molecule has 8 nitrogen and oxygen atoms in total.